The Hall–Kier alpha value is -4.15. The summed E-state index contributed by atoms with van der Waals surface area (Å²) in [5, 5.41) is 7.26. The molecule has 0 unspecified atom stereocenters. The van der Waals surface area contributed by atoms with E-state index in [2.05, 4.69) is 25.0 Å². The largest absolute Gasteiger partial charge is 0.573 e. The minimum absolute atomic E-state index is 0.239. The highest BCUT2D eigenvalue weighted by atomic mass is 19.4. The molecule has 36 heavy (non-hydrogen) atoms. The van der Waals surface area contributed by atoms with Gasteiger partial charge in [-0.05, 0) is 55.3 Å². The van der Waals surface area contributed by atoms with Crippen LogP contribution in [0.4, 0.5) is 29.1 Å². The van der Waals surface area contributed by atoms with Crippen LogP contribution >= 0.6 is 0 Å². The topological polar surface area (TPSA) is 71.8 Å². The van der Waals surface area contributed by atoms with Crippen LogP contribution in [0, 0.1) is 11.7 Å². The number of aromatic nitrogens is 3. The van der Waals surface area contributed by atoms with E-state index in [1.165, 1.54) is 30.3 Å². The highest BCUT2D eigenvalue weighted by Gasteiger charge is 2.31. The van der Waals surface area contributed by atoms with Crippen molar-refractivity contribution in [1.29, 1.82) is 0 Å². The summed E-state index contributed by atoms with van der Waals surface area (Å²) in [5.74, 6) is -0.538. The lowest BCUT2D eigenvalue weighted by atomic mass is 9.95. The second-order valence-electron chi connectivity index (χ2n) is 8.44. The lowest BCUT2D eigenvalue weighted by molar-refractivity contribution is -0.274. The van der Waals surface area contributed by atoms with E-state index in [1.807, 2.05) is 6.07 Å². The Morgan fingerprint density at radius 1 is 1.06 bits per heavy atom. The number of halogens is 4. The summed E-state index contributed by atoms with van der Waals surface area (Å²) in [4.78, 5) is 19.4. The van der Waals surface area contributed by atoms with Crippen molar-refractivity contribution in [2.24, 2.45) is 5.92 Å². The van der Waals surface area contributed by atoms with Crippen molar-refractivity contribution in [2.75, 3.05) is 23.3 Å². The number of nitrogens with one attached hydrogen (secondary N) is 1. The van der Waals surface area contributed by atoms with Crippen LogP contribution in [-0.4, -0.2) is 40.0 Å². The molecule has 1 fully saturated rings. The Bertz CT molecular complexity index is 1380. The fraction of sp³-hybridized carbons (Fsp3) is 0.240. The van der Waals surface area contributed by atoms with Gasteiger partial charge < -0.3 is 15.0 Å². The van der Waals surface area contributed by atoms with Gasteiger partial charge in [0.05, 0.1) is 5.69 Å². The highest BCUT2D eigenvalue weighted by Crippen LogP contribution is 2.30. The molecule has 0 atom stereocenters. The molecule has 0 bridgehead atoms. The van der Waals surface area contributed by atoms with Crippen LogP contribution in [0.15, 0.2) is 67.0 Å². The molecule has 2 aromatic carbocycles. The zero-order chi connectivity index (χ0) is 25.3. The summed E-state index contributed by atoms with van der Waals surface area (Å²) in [7, 11) is 0. The Labute approximate surface area is 203 Å². The van der Waals surface area contributed by atoms with Crippen molar-refractivity contribution in [3.63, 3.8) is 0 Å². The Balaban J connectivity index is 1.25. The first kappa shape index (κ1) is 23.6. The summed E-state index contributed by atoms with van der Waals surface area (Å²) in [6, 6.07) is 13.2. The summed E-state index contributed by atoms with van der Waals surface area (Å²) in [5.41, 5.74) is 2.51. The molecule has 2 aromatic heterocycles. The minimum atomic E-state index is -4.80. The summed E-state index contributed by atoms with van der Waals surface area (Å²) < 4.78 is 56.3. The van der Waals surface area contributed by atoms with Gasteiger partial charge in [-0.15, -0.1) is 13.2 Å². The first-order chi connectivity index (χ1) is 17.2. The Kier molecular flexibility index (Phi) is 6.21. The average Bonchev–Trinajstić information content (AvgIpc) is 3.28. The van der Waals surface area contributed by atoms with E-state index in [0.29, 0.717) is 31.6 Å². The van der Waals surface area contributed by atoms with E-state index in [9.17, 15) is 22.4 Å². The third kappa shape index (κ3) is 5.24. The van der Waals surface area contributed by atoms with Crippen molar-refractivity contribution in [2.45, 2.75) is 19.2 Å². The second kappa shape index (κ2) is 9.48. The number of nitrogens with zero attached hydrogens (tertiary/aromatic N) is 4. The third-order valence-corrected chi connectivity index (χ3v) is 6.01. The number of fused-ring (bicyclic) bond motifs is 1. The molecule has 1 amide bonds. The van der Waals surface area contributed by atoms with Crippen LogP contribution in [0.3, 0.4) is 0 Å². The first-order valence-electron chi connectivity index (χ1n) is 11.3. The molecule has 1 aliphatic heterocycles. The lowest BCUT2D eigenvalue weighted by Gasteiger charge is -2.32. The molecule has 186 valence electrons. The predicted octanol–water partition coefficient (Wildman–Crippen LogP) is 5.29. The van der Waals surface area contributed by atoms with Gasteiger partial charge in [-0.1, -0.05) is 6.07 Å². The van der Waals surface area contributed by atoms with Crippen LogP contribution in [0.2, 0.25) is 0 Å². The first-order valence-corrected chi connectivity index (χ1v) is 11.3. The van der Waals surface area contributed by atoms with E-state index in [0.717, 1.165) is 23.0 Å². The number of benzene rings is 2. The van der Waals surface area contributed by atoms with Crippen LogP contribution < -0.4 is 15.0 Å². The number of rotatable bonds is 5. The molecule has 7 nitrogen and oxygen atoms in total. The number of piperidine rings is 1. The normalized spacial score (nSPS) is 14.7. The van der Waals surface area contributed by atoms with Crippen molar-refractivity contribution in [3.8, 4) is 17.0 Å². The number of ether oxygens (including phenoxy) is 1. The summed E-state index contributed by atoms with van der Waals surface area (Å²) >= 11 is 0. The summed E-state index contributed by atoms with van der Waals surface area (Å²) in [6.07, 6.45) is -0.318. The maximum Gasteiger partial charge on any atom is 0.573 e. The maximum absolute atomic E-state index is 13.3. The zero-order valence-corrected chi connectivity index (χ0v) is 18.9. The standard InChI is InChI=1S/C25H21F4N5O2/c26-18-6-4-16(5-7-18)21-15-22-23(30-10-13-34(22)32-21)33-11-8-17(9-12-33)24(35)31-19-2-1-3-20(14-19)36-25(27,28)29/h1-7,10,13-15,17H,8-9,11-12H2,(H,31,35). The molecule has 1 N–H and O–H groups in total. The number of anilines is 2. The van der Waals surface area contributed by atoms with E-state index in [4.69, 9.17) is 0 Å². The molecular formula is C25H21F4N5O2. The van der Waals surface area contributed by atoms with Crippen molar-refractivity contribution >= 4 is 22.9 Å². The zero-order valence-electron chi connectivity index (χ0n) is 18.9. The highest BCUT2D eigenvalue weighted by molar-refractivity contribution is 5.93. The number of amides is 1. The molecule has 1 saturated heterocycles. The van der Waals surface area contributed by atoms with Crippen LogP contribution in [0.5, 0.6) is 5.75 Å². The van der Waals surface area contributed by atoms with E-state index < -0.39 is 12.1 Å². The molecule has 4 aromatic rings. The number of alkyl halides is 3. The van der Waals surface area contributed by atoms with Gasteiger partial charge in [0.15, 0.2) is 5.82 Å². The van der Waals surface area contributed by atoms with Crippen LogP contribution in [0.1, 0.15) is 12.8 Å². The number of carbonyl (C=O) groups is 1. The van der Waals surface area contributed by atoms with Crippen LogP contribution in [0.25, 0.3) is 16.8 Å². The van der Waals surface area contributed by atoms with Gasteiger partial charge in [-0.3, -0.25) is 4.79 Å². The predicted molar refractivity (Wildman–Crippen MR) is 125 cm³/mol. The van der Waals surface area contributed by atoms with E-state index in [1.54, 1.807) is 29.0 Å². The van der Waals surface area contributed by atoms with Gasteiger partial charge in [0.1, 0.15) is 17.1 Å². The fourth-order valence-electron chi connectivity index (χ4n) is 4.28. The molecule has 0 spiro atoms. The minimum Gasteiger partial charge on any atom is -0.406 e. The maximum atomic E-state index is 13.3. The Morgan fingerprint density at radius 3 is 2.53 bits per heavy atom. The fourth-order valence-corrected chi connectivity index (χ4v) is 4.28. The molecular weight excluding hydrogens is 478 g/mol. The molecule has 11 heteroatoms. The van der Waals surface area contributed by atoms with Crippen molar-refractivity contribution < 1.29 is 27.1 Å². The second-order valence-corrected chi connectivity index (χ2v) is 8.44. The smallest absolute Gasteiger partial charge is 0.406 e. The van der Waals surface area contributed by atoms with E-state index >= 15 is 0 Å². The average molecular weight is 499 g/mol. The molecule has 0 radical (unpaired) electrons. The molecule has 1 aliphatic rings. The van der Waals surface area contributed by atoms with Crippen LogP contribution in [-0.2, 0) is 4.79 Å². The number of hydrogen-bond acceptors (Lipinski definition) is 5. The summed E-state index contributed by atoms with van der Waals surface area (Å²) in [6.45, 7) is 1.14. The van der Waals surface area contributed by atoms with Gasteiger partial charge >= 0.3 is 6.36 Å². The van der Waals surface area contributed by atoms with Gasteiger partial charge in [-0.25, -0.2) is 13.9 Å². The number of hydrogen-bond donors (Lipinski definition) is 1. The number of carbonyl (C=O) groups excluding carboxylic acids is 1. The van der Waals surface area contributed by atoms with Gasteiger partial charge in [0.2, 0.25) is 5.91 Å². The quantitative estimate of drug-likeness (QED) is 0.378. The van der Waals surface area contributed by atoms with Crippen molar-refractivity contribution in [3.05, 3.63) is 72.8 Å². The van der Waals surface area contributed by atoms with E-state index in [-0.39, 0.29) is 23.3 Å². The SMILES string of the molecule is O=C(Nc1cccc(OC(F)(F)F)c1)C1CCN(c2nccn3nc(-c4ccc(F)cc4)cc23)CC1. The molecule has 0 saturated carbocycles. The Morgan fingerprint density at radius 2 is 1.81 bits per heavy atom. The van der Waals surface area contributed by atoms with Gasteiger partial charge in [0.25, 0.3) is 0 Å². The van der Waals surface area contributed by atoms with Gasteiger partial charge in [0, 0.05) is 48.7 Å². The van der Waals surface area contributed by atoms with Crippen molar-refractivity contribution in [1.82, 2.24) is 14.6 Å². The lowest BCUT2D eigenvalue weighted by Crippen LogP contribution is -2.38. The molecule has 0 aliphatic carbocycles. The monoisotopic (exact) mass is 499 g/mol. The molecule has 5 rings (SSSR count). The molecule has 3 heterocycles. The van der Waals surface area contributed by atoms with Gasteiger partial charge in [-0.2, -0.15) is 5.10 Å². The third-order valence-electron chi connectivity index (χ3n) is 6.01.